The molecule has 2 nitrogen and oxygen atoms in total. The summed E-state index contributed by atoms with van der Waals surface area (Å²) in [6.45, 7) is 0.836. The summed E-state index contributed by atoms with van der Waals surface area (Å²) in [5, 5.41) is 12.2. The average Bonchev–Trinajstić information content (AvgIpc) is 2.78. The smallest absolute Gasteiger partial charge is 0.119 e. The maximum atomic E-state index is 8.75. The van der Waals surface area contributed by atoms with Gasteiger partial charge in [-0.15, -0.1) is 0 Å². The molecule has 2 aromatic rings. The number of alkyl halides is 3. The number of unbranched alkanes of at least 4 members (excludes halogenated alkanes) is 6. The van der Waals surface area contributed by atoms with E-state index >= 15 is 0 Å². The average molecular weight is 847 g/mol. The molecule has 31 heavy (non-hydrogen) atoms. The second-order valence-corrected chi connectivity index (χ2v) is 11.5. The molecule has 0 aromatic heterocycles. The van der Waals surface area contributed by atoms with E-state index in [1.54, 1.807) is 12.1 Å². The van der Waals surface area contributed by atoms with E-state index in [1.807, 2.05) is 24.3 Å². The monoisotopic (exact) mass is 844 g/mol. The van der Waals surface area contributed by atoms with Crippen LogP contribution in [-0.2, 0) is 0 Å². The third-order valence-corrected chi connectivity index (χ3v) is 7.07. The Hall–Kier alpha value is 0.940. The first kappa shape index (κ1) is 31.9. The lowest BCUT2D eigenvalue weighted by Gasteiger charge is -2.05. The Labute approximate surface area is 241 Å². The number of rotatable bonds is 12. The first-order chi connectivity index (χ1) is 15.0. The number of phenols is 1. The van der Waals surface area contributed by atoms with Gasteiger partial charge in [-0.3, -0.25) is 0 Å². The van der Waals surface area contributed by atoms with Gasteiger partial charge in [0.15, 0.2) is 0 Å². The van der Waals surface area contributed by atoms with Crippen LogP contribution in [0.3, 0.4) is 0 Å². The second kappa shape index (κ2) is 24.1. The molecule has 0 aliphatic rings. The molecule has 1 N–H and O–H groups in total. The van der Waals surface area contributed by atoms with Crippen molar-refractivity contribution in [1.29, 1.82) is 0 Å². The van der Waals surface area contributed by atoms with E-state index in [-0.39, 0.29) is 0 Å². The maximum Gasteiger partial charge on any atom is 0.119 e. The molecule has 0 bridgehead atoms. The summed E-state index contributed by atoms with van der Waals surface area (Å²) in [5.74, 6) is 1.31. The van der Waals surface area contributed by atoms with E-state index in [0.717, 1.165) is 38.3 Å². The number of hydrogen-bond donors (Lipinski definition) is 1. The fourth-order valence-electron chi connectivity index (χ4n) is 2.25. The van der Waals surface area contributed by atoms with Gasteiger partial charge in [0, 0.05) is 23.1 Å². The lowest BCUT2D eigenvalue weighted by Crippen LogP contribution is -1.97. The van der Waals surface area contributed by atoms with E-state index in [2.05, 4.69) is 105 Å². The van der Waals surface area contributed by atoms with Gasteiger partial charge in [-0.2, -0.15) is 0 Å². The Kier molecular flexibility index (Phi) is 24.8. The molecule has 0 atom stereocenters. The van der Waals surface area contributed by atoms with Crippen molar-refractivity contribution in [2.45, 2.75) is 51.4 Å². The van der Waals surface area contributed by atoms with Crippen LogP contribution in [0.4, 0.5) is 0 Å². The number of ether oxygens (including phenoxy) is 1. The summed E-state index contributed by atoms with van der Waals surface area (Å²) in [7, 11) is 0. The minimum absolute atomic E-state index is 0.324. The SMILES string of the molecule is BrCCCCCCBr.BrCCCCCCOc1ccc(I)cc1.Oc1ccc(I)cc1. The molecule has 2 aromatic carbocycles. The highest BCUT2D eigenvalue weighted by Gasteiger charge is 1.94. The van der Waals surface area contributed by atoms with Crippen LogP contribution in [0.15, 0.2) is 48.5 Å². The molecule has 176 valence electrons. The summed E-state index contributed by atoms with van der Waals surface area (Å²) < 4.78 is 8.01. The lowest BCUT2D eigenvalue weighted by molar-refractivity contribution is 0.305. The van der Waals surface area contributed by atoms with E-state index in [9.17, 15) is 0 Å². The summed E-state index contributed by atoms with van der Waals surface area (Å²) in [6.07, 6.45) is 10.4. The van der Waals surface area contributed by atoms with E-state index in [1.165, 1.54) is 48.5 Å². The number of benzene rings is 2. The van der Waals surface area contributed by atoms with Crippen molar-refractivity contribution >= 4 is 93.0 Å². The third-order valence-electron chi connectivity index (χ3n) is 3.95. The van der Waals surface area contributed by atoms with Crippen LogP contribution >= 0.6 is 93.0 Å². The number of phenolic OH excluding ortho intramolecular Hbond substituents is 1. The zero-order chi connectivity index (χ0) is 23.2. The van der Waals surface area contributed by atoms with Gasteiger partial charge < -0.3 is 9.84 Å². The molecule has 0 fully saturated rings. The zero-order valence-corrected chi connectivity index (χ0v) is 26.9. The highest BCUT2D eigenvalue weighted by molar-refractivity contribution is 14.1. The predicted octanol–water partition coefficient (Wildman–Crippen LogP) is 9.96. The molecule has 0 heterocycles. The van der Waals surface area contributed by atoms with E-state index in [4.69, 9.17) is 9.84 Å². The van der Waals surface area contributed by atoms with Crippen molar-refractivity contribution in [1.82, 2.24) is 0 Å². The summed E-state index contributed by atoms with van der Waals surface area (Å²) in [4.78, 5) is 0. The predicted molar refractivity (Wildman–Crippen MR) is 164 cm³/mol. The molecular weight excluding hydrogens is 814 g/mol. The van der Waals surface area contributed by atoms with Crippen molar-refractivity contribution in [2.75, 3.05) is 22.6 Å². The molecule has 0 radical (unpaired) electrons. The molecular formula is C24H33Br3I2O2. The lowest BCUT2D eigenvalue weighted by atomic mass is 10.2. The quantitative estimate of drug-likeness (QED) is 0.131. The van der Waals surface area contributed by atoms with Gasteiger partial charge in [0.05, 0.1) is 6.61 Å². The van der Waals surface area contributed by atoms with Crippen LogP contribution in [0.5, 0.6) is 11.5 Å². The summed E-state index contributed by atoms with van der Waals surface area (Å²) in [5.41, 5.74) is 0. The van der Waals surface area contributed by atoms with E-state index < -0.39 is 0 Å². The van der Waals surface area contributed by atoms with Crippen LogP contribution in [0.1, 0.15) is 51.4 Å². The molecule has 0 unspecified atom stereocenters. The Morgan fingerprint density at radius 1 is 0.581 bits per heavy atom. The molecule has 0 amide bonds. The Bertz CT molecular complexity index is 599. The van der Waals surface area contributed by atoms with Crippen LogP contribution < -0.4 is 4.74 Å². The summed E-state index contributed by atoms with van der Waals surface area (Å²) in [6, 6.07) is 15.2. The molecule has 0 aliphatic heterocycles. The molecule has 0 spiro atoms. The van der Waals surface area contributed by atoms with Crippen LogP contribution in [-0.4, -0.2) is 27.7 Å². The molecule has 7 heteroatoms. The molecule has 0 saturated carbocycles. The van der Waals surface area contributed by atoms with Crippen LogP contribution in [0.2, 0.25) is 0 Å². The van der Waals surface area contributed by atoms with Gasteiger partial charge in [0.1, 0.15) is 11.5 Å². The maximum absolute atomic E-state index is 8.75. The number of hydrogen-bond acceptors (Lipinski definition) is 2. The minimum Gasteiger partial charge on any atom is -0.508 e. The second-order valence-electron chi connectivity index (χ2n) is 6.67. The highest BCUT2D eigenvalue weighted by Crippen LogP contribution is 2.14. The van der Waals surface area contributed by atoms with Crippen molar-refractivity contribution in [3.8, 4) is 11.5 Å². The van der Waals surface area contributed by atoms with Gasteiger partial charge in [0.25, 0.3) is 0 Å². The fourth-order valence-corrected chi connectivity index (χ4v) is 4.16. The standard InChI is InChI=1S/C12H16BrIO.C6H12Br2.C6H5IO/c13-9-3-1-2-4-10-15-12-7-5-11(14)6-8-12;7-5-3-1-2-4-6-8;7-5-1-3-6(8)4-2-5/h5-8H,1-4,9-10H2;1-6H2;1-4,8H. The first-order valence-electron chi connectivity index (χ1n) is 10.5. The minimum atomic E-state index is 0.324. The Morgan fingerprint density at radius 2 is 0.968 bits per heavy atom. The third kappa shape index (κ3) is 22.5. The Balaban J connectivity index is 0.000000477. The Morgan fingerprint density at radius 3 is 1.35 bits per heavy atom. The van der Waals surface area contributed by atoms with Gasteiger partial charge >= 0.3 is 0 Å². The molecule has 2 rings (SSSR count). The number of halogens is 5. The van der Waals surface area contributed by atoms with Crippen LogP contribution in [0.25, 0.3) is 0 Å². The fraction of sp³-hybridized carbons (Fsp3) is 0.500. The van der Waals surface area contributed by atoms with Gasteiger partial charge in [0.2, 0.25) is 0 Å². The largest absolute Gasteiger partial charge is 0.508 e. The summed E-state index contributed by atoms with van der Waals surface area (Å²) >= 11 is 14.7. The topological polar surface area (TPSA) is 29.5 Å². The molecule has 0 aliphatic carbocycles. The van der Waals surface area contributed by atoms with Crippen molar-refractivity contribution in [3.05, 3.63) is 55.7 Å². The van der Waals surface area contributed by atoms with E-state index in [0.29, 0.717) is 5.75 Å². The molecule has 0 saturated heterocycles. The first-order valence-corrected chi connectivity index (χ1v) is 16.1. The van der Waals surface area contributed by atoms with Gasteiger partial charge in [-0.25, -0.2) is 0 Å². The normalized spacial score (nSPS) is 9.84. The highest BCUT2D eigenvalue weighted by atomic mass is 127. The zero-order valence-electron chi connectivity index (χ0n) is 17.8. The van der Waals surface area contributed by atoms with Gasteiger partial charge in [-0.1, -0.05) is 73.5 Å². The van der Waals surface area contributed by atoms with Crippen molar-refractivity contribution in [2.24, 2.45) is 0 Å². The van der Waals surface area contributed by atoms with Crippen molar-refractivity contribution in [3.63, 3.8) is 0 Å². The van der Waals surface area contributed by atoms with Crippen LogP contribution in [0, 0.1) is 7.14 Å². The number of aromatic hydroxyl groups is 1. The van der Waals surface area contributed by atoms with Crippen molar-refractivity contribution < 1.29 is 9.84 Å². The van der Waals surface area contributed by atoms with Gasteiger partial charge in [-0.05, 0) is 119 Å².